The Kier molecular flexibility index (Phi) is 7.90. The fourth-order valence-electron chi connectivity index (χ4n) is 3.53. The quantitative estimate of drug-likeness (QED) is 0.239. The molecule has 0 saturated carbocycles. The number of rotatable bonds is 8. The molecule has 1 saturated heterocycles. The first-order valence-corrected chi connectivity index (χ1v) is 12.0. The van der Waals surface area contributed by atoms with Crippen LogP contribution in [0.3, 0.4) is 0 Å². The third-order valence-electron chi connectivity index (χ3n) is 5.34. The van der Waals surface area contributed by atoms with E-state index in [0.29, 0.717) is 49.5 Å². The Morgan fingerprint density at radius 3 is 2.58 bits per heavy atom. The molecule has 0 unspecified atom stereocenters. The van der Waals surface area contributed by atoms with E-state index < -0.39 is 4.92 Å². The molecule has 13 heteroatoms. The first-order valence-electron chi connectivity index (χ1n) is 11.2. The van der Waals surface area contributed by atoms with E-state index >= 15 is 0 Å². The minimum absolute atomic E-state index is 0.00567. The molecule has 0 bridgehead atoms. The second-order valence-electron chi connectivity index (χ2n) is 8.26. The van der Waals surface area contributed by atoms with E-state index in [2.05, 4.69) is 46.7 Å². The minimum atomic E-state index is -0.415. The van der Waals surface area contributed by atoms with E-state index in [-0.39, 0.29) is 11.6 Å². The number of anilines is 5. The van der Waals surface area contributed by atoms with Gasteiger partial charge < -0.3 is 19.9 Å². The highest BCUT2D eigenvalue weighted by molar-refractivity contribution is 9.10. The summed E-state index contributed by atoms with van der Waals surface area (Å²) < 4.78 is 6.32. The average Bonchev–Trinajstić information content (AvgIpc) is 2.86. The van der Waals surface area contributed by atoms with E-state index in [1.54, 1.807) is 31.1 Å². The van der Waals surface area contributed by atoms with Crippen LogP contribution in [0.5, 0.6) is 0 Å². The Morgan fingerprint density at radius 2 is 1.89 bits per heavy atom. The fraction of sp³-hybridized carbons (Fsp3) is 0.304. The third kappa shape index (κ3) is 6.23. The van der Waals surface area contributed by atoms with Gasteiger partial charge in [-0.2, -0.15) is 20.1 Å². The minimum Gasteiger partial charge on any atom is -0.378 e. The normalized spacial score (nSPS) is 13.6. The number of morpholine rings is 1. The number of nitrogens with one attached hydrogen (secondary N) is 2. The molecule has 1 aliphatic rings. The Morgan fingerprint density at radius 1 is 1.14 bits per heavy atom. The van der Waals surface area contributed by atoms with Crippen molar-refractivity contribution in [2.45, 2.75) is 6.92 Å². The molecular weight excluding hydrogens is 530 g/mol. The zero-order valence-corrected chi connectivity index (χ0v) is 21.7. The van der Waals surface area contributed by atoms with Crippen LogP contribution in [-0.2, 0) is 4.74 Å². The van der Waals surface area contributed by atoms with Gasteiger partial charge in [-0.3, -0.25) is 10.1 Å². The van der Waals surface area contributed by atoms with Crippen molar-refractivity contribution in [3.63, 3.8) is 0 Å². The lowest BCUT2D eigenvalue weighted by molar-refractivity contribution is -0.384. The maximum Gasteiger partial charge on any atom is 0.293 e. The van der Waals surface area contributed by atoms with Crippen molar-refractivity contribution in [2.24, 2.45) is 5.10 Å². The van der Waals surface area contributed by atoms with Gasteiger partial charge in [-0.1, -0.05) is 12.1 Å². The predicted molar refractivity (Wildman–Crippen MR) is 144 cm³/mol. The molecule has 4 rings (SSSR count). The number of aromatic nitrogens is 3. The number of hydrogen-bond donors (Lipinski definition) is 2. The van der Waals surface area contributed by atoms with Crippen LogP contribution in [0.25, 0.3) is 0 Å². The highest BCUT2D eigenvalue weighted by Crippen LogP contribution is 2.28. The Balaban J connectivity index is 1.59. The van der Waals surface area contributed by atoms with Crippen molar-refractivity contribution in [1.29, 1.82) is 0 Å². The van der Waals surface area contributed by atoms with Crippen LogP contribution in [0.15, 0.2) is 46.0 Å². The summed E-state index contributed by atoms with van der Waals surface area (Å²) in [5, 5.41) is 18.9. The van der Waals surface area contributed by atoms with E-state index in [4.69, 9.17) is 4.74 Å². The molecule has 0 amide bonds. The van der Waals surface area contributed by atoms with Crippen LogP contribution in [0, 0.1) is 17.0 Å². The first-order chi connectivity index (χ1) is 17.3. The zero-order valence-electron chi connectivity index (χ0n) is 20.1. The van der Waals surface area contributed by atoms with Crippen molar-refractivity contribution < 1.29 is 9.66 Å². The maximum atomic E-state index is 11.5. The number of nitro groups is 1. The summed E-state index contributed by atoms with van der Waals surface area (Å²) in [7, 11) is 3.51. The van der Waals surface area contributed by atoms with Gasteiger partial charge in [0.15, 0.2) is 0 Å². The Hall–Kier alpha value is -3.84. The Labute approximate surface area is 216 Å². The van der Waals surface area contributed by atoms with Crippen molar-refractivity contribution in [3.05, 3.63) is 62.1 Å². The number of benzene rings is 2. The van der Waals surface area contributed by atoms with E-state index in [1.807, 2.05) is 30.0 Å². The standard InChI is InChI=1S/C23H26BrN9O3/c1-15-4-6-18(17(24)12-15)26-21-27-22(29-23(28-21)32-8-10-36-11-9-32)30-25-14-16-5-7-19(31(2)3)20(13-16)33(34)35/h4-7,12-14H,8-11H2,1-3H3,(H2,26,27,28,29,30)/b25-14-. The highest BCUT2D eigenvalue weighted by Gasteiger charge is 2.18. The second kappa shape index (κ2) is 11.3. The Bertz CT molecular complexity index is 1280. The van der Waals surface area contributed by atoms with Crippen LogP contribution in [0.1, 0.15) is 11.1 Å². The monoisotopic (exact) mass is 555 g/mol. The van der Waals surface area contributed by atoms with E-state index in [9.17, 15) is 10.1 Å². The van der Waals surface area contributed by atoms with Gasteiger partial charge in [-0.05, 0) is 46.6 Å². The SMILES string of the molecule is Cc1ccc(Nc2nc(N/N=C\c3ccc(N(C)C)c([N+](=O)[O-])c3)nc(N3CCOCC3)n2)c(Br)c1. The number of aryl methyl sites for hydroxylation is 1. The van der Waals surface area contributed by atoms with Gasteiger partial charge in [0, 0.05) is 43.3 Å². The predicted octanol–water partition coefficient (Wildman–Crippen LogP) is 3.94. The molecule has 2 heterocycles. The van der Waals surface area contributed by atoms with Crippen LogP contribution in [-0.4, -0.2) is 66.5 Å². The lowest BCUT2D eigenvalue weighted by Gasteiger charge is -2.27. The highest BCUT2D eigenvalue weighted by atomic mass is 79.9. The summed E-state index contributed by atoms with van der Waals surface area (Å²) in [5.41, 5.74) is 5.82. The first kappa shape index (κ1) is 25.3. The number of nitro benzene ring substituents is 1. The number of halogens is 1. The lowest BCUT2D eigenvalue weighted by Crippen LogP contribution is -2.37. The smallest absolute Gasteiger partial charge is 0.293 e. The van der Waals surface area contributed by atoms with Crippen LogP contribution >= 0.6 is 15.9 Å². The molecule has 2 aromatic carbocycles. The molecule has 0 atom stereocenters. The molecule has 1 fully saturated rings. The summed E-state index contributed by atoms with van der Waals surface area (Å²) in [6.45, 7) is 4.49. The molecule has 2 N–H and O–H groups in total. The van der Waals surface area contributed by atoms with Crippen LogP contribution in [0.4, 0.5) is 34.9 Å². The van der Waals surface area contributed by atoms with Gasteiger partial charge >= 0.3 is 0 Å². The molecule has 0 aliphatic carbocycles. The summed E-state index contributed by atoms with van der Waals surface area (Å²) in [5.74, 6) is 1.07. The molecule has 36 heavy (non-hydrogen) atoms. The topological polar surface area (TPSA) is 134 Å². The van der Waals surface area contributed by atoms with Gasteiger partial charge in [0.05, 0.1) is 30.0 Å². The summed E-state index contributed by atoms with van der Waals surface area (Å²) in [6, 6.07) is 10.8. The van der Waals surface area contributed by atoms with Gasteiger partial charge in [-0.15, -0.1) is 0 Å². The largest absolute Gasteiger partial charge is 0.378 e. The molecule has 1 aromatic heterocycles. The van der Waals surface area contributed by atoms with Gasteiger partial charge in [0.2, 0.25) is 17.8 Å². The molecule has 3 aromatic rings. The second-order valence-corrected chi connectivity index (χ2v) is 9.11. The van der Waals surface area contributed by atoms with Gasteiger partial charge in [0.1, 0.15) is 5.69 Å². The van der Waals surface area contributed by atoms with Crippen molar-refractivity contribution >= 4 is 57.1 Å². The molecule has 0 radical (unpaired) electrons. The zero-order chi connectivity index (χ0) is 25.7. The van der Waals surface area contributed by atoms with Crippen molar-refractivity contribution in [2.75, 3.05) is 60.9 Å². The van der Waals surface area contributed by atoms with Crippen molar-refractivity contribution in [3.8, 4) is 0 Å². The summed E-state index contributed by atoms with van der Waals surface area (Å²) in [4.78, 5) is 28.3. The fourth-order valence-corrected chi connectivity index (χ4v) is 4.12. The van der Waals surface area contributed by atoms with E-state index in [1.165, 1.54) is 12.3 Å². The molecule has 12 nitrogen and oxygen atoms in total. The number of hydrogen-bond acceptors (Lipinski definition) is 11. The lowest BCUT2D eigenvalue weighted by atomic mass is 10.2. The van der Waals surface area contributed by atoms with Crippen LogP contribution < -0.4 is 20.5 Å². The number of hydrazone groups is 1. The van der Waals surface area contributed by atoms with Gasteiger partial charge in [-0.25, -0.2) is 5.43 Å². The van der Waals surface area contributed by atoms with E-state index in [0.717, 1.165) is 15.7 Å². The van der Waals surface area contributed by atoms with Gasteiger partial charge in [0.25, 0.3) is 5.69 Å². The summed E-state index contributed by atoms with van der Waals surface area (Å²) in [6.07, 6.45) is 1.48. The van der Waals surface area contributed by atoms with Crippen LogP contribution in [0.2, 0.25) is 0 Å². The third-order valence-corrected chi connectivity index (χ3v) is 6.00. The van der Waals surface area contributed by atoms with Crippen molar-refractivity contribution in [1.82, 2.24) is 15.0 Å². The molecule has 0 spiro atoms. The maximum absolute atomic E-state index is 11.5. The molecule has 1 aliphatic heterocycles. The average molecular weight is 556 g/mol. The molecular formula is C23H26BrN9O3. The summed E-state index contributed by atoms with van der Waals surface area (Å²) >= 11 is 3.57. The molecule has 188 valence electrons. The number of ether oxygens (including phenoxy) is 1. The number of nitrogens with zero attached hydrogens (tertiary/aromatic N) is 7.